The maximum atomic E-state index is 12.1. The molecular weight excluding hydrogens is 234 g/mol. The lowest BCUT2D eigenvalue weighted by Gasteiger charge is -2.28. The van der Waals surface area contributed by atoms with Crippen LogP contribution in [0.3, 0.4) is 0 Å². The van der Waals surface area contributed by atoms with Crippen molar-refractivity contribution in [2.75, 3.05) is 47.3 Å². The van der Waals surface area contributed by atoms with Crippen molar-refractivity contribution in [3.05, 3.63) is 0 Å². The largest absolute Gasteiger partial charge is 0.481 e. The summed E-state index contributed by atoms with van der Waals surface area (Å²) in [6, 6.07) is -0.0973. The number of amides is 2. The van der Waals surface area contributed by atoms with Crippen molar-refractivity contribution in [1.29, 1.82) is 0 Å². The molecule has 6 heteroatoms. The van der Waals surface area contributed by atoms with Crippen molar-refractivity contribution in [3.8, 4) is 0 Å². The zero-order valence-electron chi connectivity index (χ0n) is 11.8. The number of carboxylic acid groups (broad SMARTS) is 1. The van der Waals surface area contributed by atoms with Gasteiger partial charge in [-0.05, 0) is 20.5 Å². The molecule has 6 nitrogen and oxygen atoms in total. The third-order valence-electron chi connectivity index (χ3n) is 2.57. The highest BCUT2D eigenvalue weighted by atomic mass is 16.4. The average Bonchev–Trinajstić information content (AvgIpc) is 2.30. The monoisotopic (exact) mass is 259 g/mol. The molecule has 0 aliphatic rings. The molecule has 0 saturated carbocycles. The van der Waals surface area contributed by atoms with Crippen LogP contribution in [0, 0.1) is 0 Å². The fourth-order valence-electron chi connectivity index (χ4n) is 1.49. The Hall–Kier alpha value is -1.30. The number of rotatable bonds is 8. The van der Waals surface area contributed by atoms with Crippen LogP contribution in [0.2, 0.25) is 0 Å². The van der Waals surface area contributed by atoms with Gasteiger partial charge in [0.1, 0.15) is 0 Å². The lowest BCUT2D eigenvalue weighted by Crippen LogP contribution is -2.44. The van der Waals surface area contributed by atoms with E-state index in [1.807, 2.05) is 25.9 Å². The summed E-state index contributed by atoms with van der Waals surface area (Å²) in [5.74, 6) is -0.884. The first-order valence-electron chi connectivity index (χ1n) is 6.25. The minimum absolute atomic E-state index is 0.0180. The zero-order valence-corrected chi connectivity index (χ0v) is 11.8. The molecule has 0 aliphatic carbocycles. The summed E-state index contributed by atoms with van der Waals surface area (Å²) in [4.78, 5) is 27.8. The molecule has 0 aromatic carbocycles. The summed E-state index contributed by atoms with van der Waals surface area (Å²) in [5, 5.41) is 8.60. The summed E-state index contributed by atoms with van der Waals surface area (Å²) in [7, 11) is 5.56. The Bertz CT molecular complexity index is 269. The first-order valence-corrected chi connectivity index (χ1v) is 6.25. The van der Waals surface area contributed by atoms with Crippen LogP contribution in [-0.2, 0) is 4.79 Å². The van der Waals surface area contributed by atoms with Gasteiger partial charge in [0.05, 0.1) is 6.42 Å². The molecule has 1 N–H and O–H groups in total. The Morgan fingerprint density at radius 1 is 1.00 bits per heavy atom. The molecule has 0 aromatic heterocycles. The van der Waals surface area contributed by atoms with Gasteiger partial charge in [-0.25, -0.2) is 4.79 Å². The lowest BCUT2D eigenvalue weighted by atomic mass is 10.3. The van der Waals surface area contributed by atoms with Gasteiger partial charge >= 0.3 is 12.0 Å². The summed E-state index contributed by atoms with van der Waals surface area (Å²) >= 11 is 0. The van der Waals surface area contributed by atoms with Crippen molar-refractivity contribution in [1.82, 2.24) is 14.7 Å². The molecule has 2 amide bonds. The number of nitrogens with zero attached hydrogens (tertiary/aromatic N) is 3. The van der Waals surface area contributed by atoms with Crippen molar-refractivity contribution >= 4 is 12.0 Å². The Balaban J connectivity index is 4.30. The first kappa shape index (κ1) is 16.7. The quantitative estimate of drug-likeness (QED) is 0.700. The van der Waals surface area contributed by atoms with Crippen LogP contribution in [0.5, 0.6) is 0 Å². The average molecular weight is 259 g/mol. The van der Waals surface area contributed by atoms with E-state index >= 15 is 0 Å². The van der Waals surface area contributed by atoms with Crippen LogP contribution in [0.1, 0.15) is 19.8 Å². The van der Waals surface area contributed by atoms with E-state index in [4.69, 9.17) is 5.11 Å². The van der Waals surface area contributed by atoms with Crippen molar-refractivity contribution in [3.63, 3.8) is 0 Å². The smallest absolute Gasteiger partial charge is 0.319 e. The van der Waals surface area contributed by atoms with Gasteiger partial charge in [0.25, 0.3) is 0 Å². The van der Waals surface area contributed by atoms with E-state index in [-0.39, 0.29) is 19.0 Å². The molecular formula is C12H25N3O3. The van der Waals surface area contributed by atoms with E-state index in [9.17, 15) is 9.59 Å². The van der Waals surface area contributed by atoms with Crippen LogP contribution in [0.4, 0.5) is 4.79 Å². The number of aliphatic carboxylic acids is 1. The Morgan fingerprint density at radius 2 is 1.61 bits per heavy atom. The molecule has 18 heavy (non-hydrogen) atoms. The third kappa shape index (κ3) is 7.11. The summed E-state index contributed by atoms with van der Waals surface area (Å²) < 4.78 is 0. The molecule has 0 unspecified atom stereocenters. The van der Waals surface area contributed by atoms with Gasteiger partial charge in [-0.3, -0.25) is 4.79 Å². The standard InChI is InChI=1S/C12H25N3O3/c1-5-7-15(10-9-13(2)3)12(18)14(4)8-6-11(16)17/h5-10H2,1-4H3,(H,16,17). The van der Waals surface area contributed by atoms with Gasteiger partial charge in [-0.2, -0.15) is 0 Å². The highest BCUT2D eigenvalue weighted by Crippen LogP contribution is 2.00. The van der Waals surface area contributed by atoms with E-state index in [0.717, 1.165) is 13.0 Å². The molecule has 0 atom stereocenters. The van der Waals surface area contributed by atoms with E-state index in [0.29, 0.717) is 13.1 Å². The minimum Gasteiger partial charge on any atom is -0.481 e. The van der Waals surface area contributed by atoms with Crippen molar-refractivity contribution < 1.29 is 14.7 Å². The number of hydrogen-bond acceptors (Lipinski definition) is 3. The lowest BCUT2D eigenvalue weighted by molar-refractivity contribution is -0.137. The molecule has 0 fully saturated rings. The van der Waals surface area contributed by atoms with Crippen LogP contribution >= 0.6 is 0 Å². The second-order valence-electron chi connectivity index (χ2n) is 4.64. The molecule has 0 spiro atoms. The Kier molecular flexibility index (Phi) is 8.11. The molecule has 0 saturated heterocycles. The molecule has 0 bridgehead atoms. The number of likely N-dealkylation sites (N-methyl/N-ethyl adjacent to an activating group) is 1. The molecule has 0 rings (SSSR count). The summed E-state index contributed by atoms with van der Waals surface area (Å²) in [6.07, 6.45) is 0.877. The third-order valence-corrected chi connectivity index (χ3v) is 2.57. The second-order valence-corrected chi connectivity index (χ2v) is 4.64. The minimum atomic E-state index is -0.884. The topological polar surface area (TPSA) is 64.1 Å². The van der Waals surface area contributed by atoms with Gasteiger partial charge < -0.3 is 19.8 Å². The maximum Gasteiger partial charge on any atom is 0.319 e. The normalized spacial score (nSPS) is 10.5. The molecule has 0 aromatic rings. The van der Waals surface area contributed by atoms with Gasteiger partial charge in [0, 0.05) is 33.2 Å². The van der Waals surface area contributed by atoms with Gasteiger partial charge in [-0.1, -0.05) is 6.92 Å². The zero-order chi connectivity index (χ0) is 14.1. The summed E-state index contributed by atoms with van der Waals surface area (Å²) in [6.45, 7) is 4.43. The number of carbonyl (C=O) groups is 2. The van der Waals surface area contributed by atoms with E-state index in [1.54, 1.807) is 11.9 Å². The number of carboxylic acids is 1. The molecule has 0 aliphatic heterocycles. The Morgan fingerprint density at radius 3 is 2.06 bits per heavy atom. The van der Waals surface area contributed by atoms with Crippen LogP contribution < -0.4 is 0 Å². The highest BCUT2D eigenvalue weighted by molar-refractivity contribution is 5.75. The Labute approximate surface area is 109 Å². The van der Waals surface area contributed by atoms with Gasteiger partial charge in [0.15, 0.2) is 0 Å². The maximum absolute atomic E-state index is 12.1. The molecule has 0 heterocycles. The fraction of sp³-hybridized carbons (Fsp3) is 0.833. The van der Waals surface area contributed by atoms with Crippen molar-refractivity contribution in [2.45, 2.75) is 19.8 Å². The molecule has 106 valence electrons. The number of hydrogen-bond donors (Lipinski definition) is 1. The highest BCUT2D eigenvalue weighted by Gasteiger charge is 2.17. The van der Waals surface area contributed by atoms with Crippen LogP contribution in [-0.4, -0.2) is 79.1 Å². The number of urea groups is 1. The van der Waals surface area contributed by atoms with Crippen LogP contribution in [0.25, 0.3) is 0 Å². The first-order chi connectivity index (χ1) is 8.38. The van der Waals surface area contributed by atoms with Crippen molar-refractivity contribution in [2.24, 2.45) is 0 Å². The predicted octanol–water partition coefficient (Wildman–Crippen LogP) is 0.787. The van der Waals surface area contributed by atoms with E-state index in [1.165, 1.54) is 4.90 Å². The van der Waals surface area contributed by atoms with E-state index in [2.05, 4.69) is 0 Å². The fourth-order valence-corrected chi connectivity index (χ4v) is 1.49. The molecule has 0 radical (unpaired) electrons. The number of carbonyl (C=O) groups excluding carboxylic acids is 1. The van der Waals surface area contributed by atoms with Gasteiger partial charge in [-0.15, -0.1) is 0 Å². The SMILES string of the molecule is CCCN(CCN(C)C)C(=O)N(C)CCC(=O)O. The van der Waals surface area contributed by atoms with Gasteiger partial charge in [0.2, 0.25) is 0 Å². The van der Waals surface area contributed by atoms with Crippen LogP contribution in [0.15, 0.2) is 0 Å². The summed E-state index contributed by atoms with van der Waals surface area (Å²) in [5.41, 5.74) is 0. The second kappa shape index (κ2) is 8.74. The van der Waals surface area contributed by atoms with E-state index < -0.39 is 5.97 Å². The predicted molar refractivity (Wildman–Crippen MR) is 70.7 cm³/mol.